The Morgan fingerprint density at radius 3 is 2.71 bits per heavy atom. The van der Waals surface area contributed by atoms with E-state index in [9.17, 15) is 0 Å². The van der Waals surface area contributed by atoms with Crippen LogP contribution in [0.4, 0.5) is 10.7 Å². The van der Waals surface area contributed by atoms with Crippen LogP contribution in [0, 0.1) is 0 Å². The maximum Gasteiger partial charge on any atom is 0.146 e. The lowest BCUT2D eigenvalue weighted by molar-refractivity contribution is 1.14. The Labute approximate surface area is 85.9 Å². The van der Waals surface area contributed by atoms with E-state index >= 15 is 0 Å². The number of rotatable bonds is 2. The molecular formula is C9H10N4S. The van der Waals surface area contributed by atoms with E-state index < -0.39 is 0 Å². The monoisotopic (exact) mass is 206 g/mol. The standard InChI is InChI=1S/C9H10N4S/c1-10-9-7(13(2)3)6-8(14-9)12-5-4-11-6/h4-5H,1H2,2-3H3. The summed E-state index contributed by atoms with van der Waals surface area (Å²) in [4.78, 5) is 15.4. The summed E-state index contributed by atoms with van der Waals surface area (Å²) in [6.07, 6.45) is 3.38. The van der Waals surface area contributed by atoms with Gasteiger partial charge in [0.2, 0.25) is 0 Å². The third-order valence-electron chi connectivity index (χ3n) is 1.88. The maximum atomic E-state index is 4.29. The van der Waals surface area contributed by atoms with Gasteiger partial charge >= 0.3 is 0 Å². The number of aromatic nitrogens is 2. The van der Waals surface area contributed by atoms with Crippen molar-refractivity contribution < 1.29 is 0 Å². The lowest BCUT2D eigenvalue weighted by Crippen LogP contribution is -2.08. The summed E-state index contributed by atoms with van der Waals surface area (Å²) < 4.78 is 0. The molecule has 0 N–H and O–H groups in total. The van der Waals surface area contributed by atoms with Crippen molar-refractivity contribution in [3.05, 3.63) is 12.4 Å². The third-order valence-corrected chi connectivity index (χ3v) is 2.88. The second-order valence-electron chi connectivity index (χ2n) is 3.02. The minimum Gasteiger partial charge on any atom is -0.373 e. The summed E-state index contributed by atoms with van der Waals surface area (Å²) in [5.74, 6) is 0. The average Bonchev–Trinajstić information content (AvgIpc) is 2.55. The van der Waals surface area contributed by atoms with E-state index in [1.807, 2.05) is 19.0 Å². The van der Waals surface area contributed by atoms with Crippen molar-refractivity contribution in [1.82, 2.24) is 9.97 Å². The van der Waals surface area contributed by atoms with Gasteiger partial charge in [-0.05, 0) is 6.72 Å². The first kappa shape index (κ1) is 9.08. The minimum absolute atomic E-state index is 0.871. The smallest absolute Gasteiger partial charge is 0.146 e. The lowest BCUT2D eigenvalue weighted by Gasteiger charge is -2.10. The van der Waals surface area contributed by atoms with E-state index in [0.29, 0.717) is 0 Å². The number of hydrogen-bond donors (Lipinski definition) is 0. The van der Waals surface area contributed by atoms with Crippen LogP contribution in [0.2, 0.25) is 0 Å². The first-order valence-electron chi connectivity index (χ1n) is 4.11. The molecule has 0 bridgehead atoms. The molecule has 0 saturated carbocycles. The molecule has 14 heavy (non-hydrogen) atoms. The summed E-state index contributed by atoms with van der Waals surface area (Å²) in [6.45, 7) is 3.55. The summed E-state index contributed by atoms with van der Waals surface area (Å²) in [7, 11) is 3.93. The van der Waals surface area contributed by atoms with Gasteiger partial charge in [0, 0.05) is 26.5 Å². The first-order chi connectivity index (χ1) is 6.74. The Bertz CT molecular complexity index is 475. The van der Waals surface area contributed by atoms with E-state index in [1.165, 1.54) is 11.3 Å². The average molecular weight is 206 g/mol. The summed E-state index contributed by atoms with van der Waals surface area (Å²) in [5, 5.41) is 0.871. The third kappa shape index (κ3) is 1.26. The predicted octanol–water partition coefficient (Wildman–Crippen LogP) is 2.09. The minimum atomic E-state index is 0.871. The fraction of sp³-hybridized carbons (Fsp3) is 0.222. The SMILES string of the molecule is C=Nc1sc2nccnc2c1N(C)C. The molecule has 0 aliphatic carbocycles. The number of aliphatic imine (C=N–C) groups is 1. The molecule has 0 radical (unpaired) electrons. The number of hydrogen-bond acceptors (Lipinski definition) is 5. The fourth-order valence-corrected chi connectivity index (χ4v) is 2.30. The van der Waals surface area contributed by atoms with Gasteiger partial charge in [-0.15, -0.1) is 0 Å². The Morgan fingerprint density at radius 2 is 2.07 bits per heavy atom. The summed E-state index contributed by atoms with van der Waals surface area (Å²) in [5.41, 5.74) is 1.89. The van der Waals surface area contributed by atoms with Gasteiger partial charge < -0.3 is 4.90 Å². The van der Waals surface area contributed by atoms with Gasteiger partial charge in [-0.1, -0.05) is 11.3 Å². The second kappa shape index (κ2) is 3.34. The zero-order valence-electron chi connectivity index (χ0n) is 8.06. The molecule has 0 unspecified atom stereocenters. The molecule has 0 aliphatic heterocycles. The highest BCUT2D eigenvalue weighted by molar-refractivity contribution is 7.23. The molecule has 2 aromatic rings. The zero-order valence-corrected chi connectivity index (χ0v) is 8.88. The predicted molar refractivity (Wildman–Crippen MR) is 61.0 cm³/mol. The molecule has 2 aromatic heterocycles. The van der Waals surface area contributed by atoms with Crippen LogP contribution in [0.3, 0.4) is 0 Å². The Morgan fingerprint density at radius 1 is 1.36 bits per heavy atom. The number of nitrogens with zero attached hydrogens (tertiary/aromatic N) is 4. The van der Waals surface area contributed by atoms with Crippen molar-refractivity contribution in [3.8, 4) is 0 Å². The molecule has 5 heteroatoms. The molecule has 0 amide bonds. The second-order valence-corrected chi connectivity index (χ2v) is 4.00. The van der Waals surface area contributed by atoms with Crippen molar-refractivity contribution in [2.75, 3.05) is 19.0 Å². The summed E-state index contributed by atoms with van der Waals surface area (Å²) >= 11 is 1.51. The van der Waals surface area contributed by atoms with Gasteiger partial charge in [0.25, 0.3) is 0 Å². The van der Waals surface area contributed by atoms with Crippen LogP contribution in [0.5, 0.6) is 0 Å². The van der Waals surface area contributed by atoms with Crippen LogP contribution in [-0.4, -0.2) is 30.8 Å². The van der Waals surface area contributed by atoms with Crippen LogP contribution in [-0.2, 0) is 0 Å². The Balaban J connectivity index is 2.80. The molecule has 0 atom stereocenters. The molecule has 2 rings (SSSR count). The van der Waals surface area contributed by atoms with Gasteiger partial charge in [0.1, 0.15) is 21.0 Å². The molecule has 0 spiro atoms. The molecule has 4 nitrogen and oxygen atoms in total. The molecule has 0 fully saturated rings. The van der Waals surface area contributed by atoms with Crippen LogP contribution < -0.4 is 4.90 Å². The van der Waals surface area contributed by atoms with Crippen molar-refractivity contribution in [1.29, 1.82) is 0 Å². The van der Waals surface area contributed by atoms with E-state index in [-0.39, 0.29) is 0 Å². The highest BCUT2D eigenvalue weighted by Gasteiger charge is 2.14. The van der Waals surface area contributed by atoms with Crippen LogP contribution >= 0.6 is 11.3 Å². The Kier molecular flexibility index (Phi) is 2.17. The summed E-state index contributed by atoms with van der Waals surface area (Å²) in [6, 6.07) is 0. The lowest BCUT2D eigenvalue weighted by atomic mass is 10.4. The molecular weight excluding hydrogens is 196 g/mol. The zero-order chi connectivity index (χ0) is 10.1. The maximum absolute atomic E-state index is 4.29. The topological polar surface area (TPSA) is 41.4 Å². The molecule has 0 aromatic carbocycles. The number of fused-ring (bicyclic) bond motifs is 1. The largest absolute Gasteiger partial charge is 0.373 e. The Hall–Kier alpha value is -1.49. The highest BCUT2D eigenvalue weighted by Crippen LogP contribution is 2.40. The molecule has 0 aliphatic rings. The highest BCUT2D eigenvalue weighted by atomic mass is 32.1. The molecule has 0 saturated heterocycles. The normalized spacial score (nSPS) is 10.4. The fourth-order valence-electron chi connectivity index (χ4n) is 1.31. The van der Waals surface area contributed by atoms with Crippen LogP contribution in [0.15, 0.2) is 17.4 Å². The van der Waals surface area contributed by atoms with Crippen LogP contribution in [0.1, 0.15) is 0 Å². The van der Waals surface area contributed by atoms with Gasteiger partial charge in [-0.2, -0.15) is 0 Å². The van der Waals surface area contributed by atoms with Crippen molar-refractivity contribution in [3.63, 3.8) is 0 Å². The van der Waals surface area contributed by atoms with Crippen LogP contribution in [0.25, 0.3) is 10.3 Å². The van der Waals surface area contributed by atoms with E-state index in [4.69, 9.17) is 0 Å². The van der Waals surface area contributed by atoms with Gasteiger partial charge in [-0.3, -0.25) is 4.99 Å². The van der Waals surface area contributed by atoms with E-state index in [1.54, 1.807) is 12.4 Å². The van der Waals surface area contributed by atoms with Crippen molar-refractivity contribution in [2.45, 2.75) is 0 Å². The van der Waals surface area contributed by atoms with Crippen molar-refractivity contribution in [2.24, 2.45) is 4.99 Å². The number of thiophene rings is 1. The first-order valence-corrected chi connectivity index (χ1v) is 4.93. The van der Waals surface area contributed by atoms with Gasteiger partial charge in [0.05, 0.1) is 0 Å². The van der Waals surface area contributed by atoms with E-state index in [2.05, 4.69) is 21.7 Å². The van der Waals surface area contributed by atoms with Gasteiger partial charge in [0.15, 0.2) is 0 Å². The van der Waals surface area contributed by atoms with E-state index in [0.717, 1.165) is 21.0 Å². The number of anilines is 1. The van der Waals surface area contributed by atoms with Gasteiger partial charge in [-0.25, -0.2) is 9.97 Å². The molecule has 2 heterocycles. The van der Waals surface area contributed by atoms with Crippen molar-refractivity contribution >= 4 is 39.1 Å². The molecule has 72 valence electrons. The quantitative estimate of drug-likeness (QED) is 0.706.